The summed E-state index contributed by atoms with van der Waals surface area (Å²) in [4.78, 5) is 32.2. The molecule has 0 radical (unpaired) electrons. The Morgan fingerprint density at radius 3 is 2.57 bits per heavy atom. The molecule has 2 aliphatic heterocycles. The van der Waals surface area contributed by atoms with Crippen molar-refractivity contribution in [1.29, 1.82) is 0 Å². The van der Waals surface area contributed by atoms with Gasteiger partial charge in [-0.2, -0.15) is 13.2 Å². The van der Waals surface area contributed by atoms with E-state index in [4.69, 9.17) is 4.74 Å². The molecule has 3 heterocycles. The van der Waals surface area contributed by atoms with Crippen LogP contribution in [0.4, 0.5) is 18.0 Å². The number of halogens is 3. The molecule has 0 aliphatic carbocycles. The molecule has 1 atom stereocenters. The van der Waals surface area contributed by atoms with Crippen LogP contribution >= 0.6 is 0 Å². The molecular formula is C20H26F3N3O4. The standard InChI is InChI=1S/C20H26F3N3O4/c1-13(2)9-16-11-29-19(28)26(16)15-5-7-25(8-6-15)18(27)14-3-4-17(24-10-14)30-12-20(21,22)23/h3-4,10,13,15-16H,5-9,11-12H2,1-2H3. The first-order valence-electron chi connectivity index (χ1n) is 10.0. The van der Waals surface area contributed by atoms with Crippen LogP contribution in [0, 0.1) is 5.92 Å². The monoisotopic (exact) mass is 429 g/mol. The van der Waals surface area contributed by atoms with E-state index in [1.165, 1.54) is 18.3 Å². The predicted octanol–water partition coefficient (Wildman–Crippen LogP) is 3.49. The largest absolute Gasteiger partial charge is 0.468 e. The second-order valence-corrected chi connectivity index (χ2v) is 8.08. The van der Waals surface area contributed by atoms with Crippen molar-refractivity contribution in [2.75, 3.05) is 26.3 Å². The number of aromatic nitrogens is 1. The van der Waals surface area contributed by atoms with Crippen LogP contribution in [-0.4, -0.2) is 71.3 Å². The summed E-state index contributed by atoms with van der Waals surface area (Å²) in [7, 11) is 0. The normalized spacial score (nSPS) is 20.6. The Morgan fingerprint density at radius 2 is 2.00 bits per heavy atom. The fraction of sp³-hybridized carbons (Fsp3) is 0.650. The topological polar surface area (TPSA) is 72.0 Å². The Balaban J connectivity index is 1.54. The summed E-state index contributed by atoms with van der Waals surface area (Å²) in [6.07, 6.45) is -1.35. The van der Waals surface area contributed by atoms with E-state index < -0.39 is 12.8 Å². The number of hydrogen-bond donors (Lipinski definition) is 0. The van der Waals surface area contributed by atoms with E-state index in [0.717, 1.165) is 6.42 Å². The summed E-state index contributed by atoms with van der Waals surface area (Å²) in [5.41, 5.74) is 0.283. The Morgan fingerprint density at radius 1 is 1.30 bits per heavy atom. The van der Waals surface area contributed by atoms with Crippen LogP contribution in [0.1, 0.15) is 43.5 Å². The van der Waals surface area contributed by atoms with Gasteiger partial charge in [0.15, 0.2) is 6.61 Å². The first-order valence-corrected chi connectivity index (χ1v) is 10.0. The van der Waals surface area contributed by atoms with Crippen molar-refractivity contribution < 1.29 is 32.2 Å². The Hall–Kier alpha value is -2.52. The zero-order valence-electron chi connectivity index (χ0n) is 17.0. The molecule has 0 spiro atoms. The highest BCUT2D eigenvalue weighted by molar-refractivity contribution is 5.94. The van der Waals surface area contributed by atoms with E-state index >= 15 is 0 Å². The maximum Gasteiger partial charge on any atom is 0.422 e. The van der Waals surface area contributed by atoms with Gasteiger partial charge in [-0.3, -0.25) is 9.69 Å². The van der Waals surface area contributed by atoms with Crippen molar-refractivity contribution in [2.45, 2.75) is 51.4 Å². The molecule has 2 fully saturated rings. The molecule has 166 valence electrons. The maximum absolute atomic E-state index is 12.7. The molecule has 1 unspecified atom stereocenters. The summed E-state index contributed by atoms with van der Waals surface area (Å²) in [6.45, 7) is 4.15. The van der Waals surface area contributed by atoms with E-state index in [1.807, 2.05) is 4.90 Å². The SMILES string of the molecule is CC(C)CC1COC(=O)N1C1CCN(C(=O)c2ccc(OCC(F)(F)F)nc2)CC1. The van der Waals surface area contributed by atoms with Crippen LogP contribution in [-0.2, 0) is 4.74 Å². The molecule has 2 aliphatic rings. The smallest absolute Gasteiger partial charge is 0.422 e. The highest BCUT2D eigenvalue weighted by atomic mass is 19.4. The third-order valence-electron chi connectivity index (χ3n) is 5.26. The molecule has 1 aromatic rings. The second-order valence-electron chi connectivity index (χ2n) is 8.08. The number of nitrogens with zero attached hydrogens (tertiary/aromatic N) is 3. The number of carbonyl (C=O) groups is 2. The van der Waals surface area contributed by atoms with Gasteiger partial charge < -0.3 is 14.4 Å². The lowest BCUT2D eigenvalue weighted by Crippen LogP contribution is -2.50. The zero-order valence-corrected chi connectivity index (χ0v) is 17.0. The Kier molecular flexibility index (Phi) is 6.72. The number of piperidine rings is 1. The molecule has 30 heavy (non-hydrogen) atoms. The zero-order chi connectivity index (χ0) is 21.9. The summed E-state index contributed by atoms with van der Waals surface area (Å²) in [6, 6.07) is 2.76. The number of alkyl halides is 3. The first-order chi connectivity index (χ1) is 14.1. The average molecular weight is 429 g/mol. The van der Waals surface area contributed by atoms with E-state index in [0.29, 0.717) is 38.5 Å². The van der Waals surface area contributed by atoms with E-state index in [-0.39, 0.29) is 35.5 Å². The lowest BCUT2D eigenvalue weighted by atomic mass is 9.98. The molecule has 2 saturated heterocycles. The molecule has 10 heteroatoms. The van der Waals surface area contributed by atoms with Gasteiger partial charge in [0.05, 0.1) is 11.6 Å². The highest BCUT2D eigenvalue weighted by Gasteiger charge is 2.40. The van der Waals surface area contributed by atoms with Gasteiger partial charge in [0, 0.05) is 31.4 Å². The number of rotatable bonds is 6. The van der Waals surface area contributed by atoms with Gasteiger partial charge in [0.2, 0.25) is 5.88 Å². The molecule has 1 aromatic heterocycles. The number of ether oxygens (including phenoxy) is 2. The molecule has 0 N–H and O–H groups in total. The van der Waals surface area contributed by atoms with Crippen LogP contribution in [0.25, 0.3) is 0 Å². The van der Waals surface area contributed by atoms with Crippen molar-refractivity contribution in [3.05, 3.63) is 23.9 Å². The van der Waals surface area contributed by atoms with Crippen LogP contribution in [0.15, 0.2) is 18.3 Å². The number of hydrogen-bond acceptors (Lipinski definition) is 5. The molecular weight excluding hydrogens is 403 g/mol. The second kappa shape index (κ2) is 9.09. The van der Waals surface area contributed by atoms with Crippen LogP contribution in [0.3, 0.4) is 0 Å². The Bertz CT molecular complexity index is 747. The summed E-state index contributed by atoms with van der Waals surface area (Å²) < 4.78 is 46.4. The number of cyclic esters (lactones) is 1. The van der Waals surface area contributed by atoms with Gasteiger partial charge in [-0.15, -0.1) is 0 Å². The van der Waals surface area contributed by atoms with Crippen molar-refractivity contribution in [2.24, 2.45) is 5.92 Å². The minimum atomic E-state index is -4.45. The highest BCUT2D eigenvalue weighted by Crippen LogP contribution is 2.27. The van der Waals surface area contributed by atoms with Crippen LogP contribution in [0.2, 0.25) is 0 Å². The Labute approximate surface area is 173 Å². The van der Waals surface area contributed by atoms with E-state index in [2.05, 4.69) is 23.6 Å². The van der Waals surface area contributed by atoms with Gasteiger partial charge in [-0.1, -0.05) is 13.8 Å². The van der Waals surface area contributed by atoms with Gasteiger partial charge in [0.1, 0.15) is 6.61 Å². The number of pyridine rings is 1. The maximum atomic E-state index is 12.7. The number of likely N-dealkylation sites (tertiary alicyclic amines) is 1. The fourth-order valence-corrected chi connectivity index (χ4v) is 3.92. The summed E-state index contributed by atoms with van der Waals surface area (Å²) in [5.74, 6) is 0.0154. The molecule has 7 nitrogen and oxygen atoms in total. The lowest BCUT2D eigenvalue weighted by Gasteiger charge is -2.38. The molecule has 2 amide bonds. The summed E-state index contributed by atoms with van der Waals surface area (Å²) >= 11 is 0. The van der Waals surface area contributed by atoms with Crippen molar-refractivity contribution >= 4 is 12.0 Å². The molecule has 0 aromatic carbocycles. The van der Waals surface area contributed by atoms with Crippen LogP contribution < -0.4 is 4.74 Å². The number of amides is 2. The van der Waals surface area contributed by atoms with Gasteiger partial charge >= 0.3 is 12.3 Å². The molecule has 3 rings (SSSR count). The number of carbonyl (C=O) groups excluding carboxylic acids is 2. The van der Waals surface area contributed by atoms with Gasteiger partial charge in [-0.25, -0.2) is 9.78 Å². The molecule has 0 saturated carbocycles. The van der Waals surface area contributed by atoms with Crippen molar-refractivity contribution in [3.63, 3.8) is 0 Å². The van der Waals surface area contributed by atoms with E-state index in [1.54, 1.807) is 4.90 Å². The molecule has 0 bridgehead atoms. The minimum Gasteiger partial charge on any atom is -0.468 e. The minimum absolute atomic E-state index is 0.0315. The summed E-state index contributed by atoms with van der Waals surface area (Å²) in [5, 5.41) is 0. The van der Waals surface area contributed by atoms with E-state index in [9.17, 15) is 22.8 Å². The average Bonchev–Trinajstić information content (AvgIpc) is 3.05. The lowest BCUT2D eigenvalue weighted by molar-refractivity contribution is -0.154. The van der Waals surface area contributed by atoms with Gasteiger partial charge in [-0.05, 0) is 31.2 Å². The fourth-order valence-electron chi connectivity index (χ4n) is 3.92. The predicted molar refractivity (Wildman–Crippen MR) is 101 cm³/mol. The first kappa shape index (κ1) is 22.2. The third-order valence-corrected chi connectivity index (χ3v) is 5.26. The van der Waals surface area contributed by atoms with Gasteiger partial charge in [0.25, 0.3) is 5.91 Å². The van der Waals surface area contributed by atoms with Crippen molar-refractivity contribution in [3.8, 4) is 5.88 Å². The third kappa shape index (κ3) is 5.54. The quantitative estimate of drug-likeness (QED) is 0.692. The van der Waals surface area contributed by atoms with Crippen molar-refractivity contribution in [1.82, 2.24) is 14.8 Å². The van der Waals surface area contributed by atoms with Crippen LogP contribution in [0.5, 0.6) is 5.88 Å².